The summed E-state index contributed by atoms with van der Waals surface area (Å²) in [6.45, 7) is 3.98. The number of carbonyl (C=O) groups excluding carboxylic acids is 2. The standard InChI is InChI=1S/C20H20ClN3O5S/c1-4-28-18-14(21)7-12(8-17(18)27-3)19(26)24-20-23-15(10-30-20)16-6-5-13(29-16)9-22-11(2)25/h5-8,10H,4,9H2,1-3H3,(H,22,25)(H,23,24,26). The molecule has 30 heavy (non-hydrogen) atoms. The summed E-state index contributed by atoms with van der Waals surface area (Å²) >= 11 is 7.49. The number of aromatic nitrogens is 1. The number of rotatable bonds is 8. The first-order valence-electron chi connectivity index (χ1n) is 9.02. The average molecular weight is 450 g/mol. The molecule has 0 unspecified atom stereocenters. The summed E-state index contributed by atoms with van der Waals surface area (Å²) in [5, 5.41) is 7.85. The van der Waals surface area contributed by atoms with Gasteiger partial charge in [-0.1, -0.05) is 11.6 Å². The number of anilines is 1. The van der Waals surface area contributed by atoms with E-state index in [-0.39, 0.29) is 16.8 Å². The van der Waals surface area contributed by atoms with Crippen LogP contribution >= 0.6 is 22.9 Å². The van der Waals surface area contributed by atoms with E-state index in [0.29, 0.717) is 52.6 Å². The van der Waals surface area contributed by atoms with E-state index in [1.165, 1.54) is 31.4 Å². The van der Waals surface area contributed by atoms with Gasteiger partial charge in [0.1, 0.15) is 11.5 Å². The molecule has 0 bridgehead atoms. The number of carbonyl (C=O) groups is 2. The summed E-state index contributed by atoms with van der Waals surface area (Å²) in [6, 6.07) is 6.59. The lowest BCUT2D eigenvalue weighted by Gasteiger charge is -2.12. The zero-order chi connectivity index (χ0) is 21.7. The Morgan fingerprint density at radius 2 is 2.10 bits per heavy atom. The Bertz CT molecular complexity index is 1060. The Morgan fingerprint density at radius 1 is 1.30 bits per heavy atom. The fraction of sp³-hybridized carbons (Fsp3) is 0.250. The van der Waals surface area contributed by atoms with Gasteiger partial charge in [0.05, 0.1) is 25.3 Å². The first-order valence-corrected chi connectivity index (χ1v) is 10.3. The highest BCUT2D eigenvalue weighted by atomic mass is 35.5. The Labute approximate surface area is 182 Å². The summed E-state index contributed by atoms with van der Waals surface area (Å²) in [5.41, 5.74) is 0.888. The van der Waals surface area contributed by atoms with Crippen LogP contribution in [0.3, 0.4) is 0 Å². The molecule has 2 amide bonds. The van der Waals surface area contributed by atoms with Crippen LogP contribution in [0.1, 0.15) is 30.0 Å². The molecule has 2 aromatic heterocycles. The minimum absolute atomic E-state index is 0.141. The molecule has 0 aliphatic heterocycles. The molecular formula is C20H20ClN3O5S. The number of furan rings is 1. The van der Waals surface area contributed by atoms with E-state index in [2.05, 4.69) is 15.6 Å². The molecular weight excluding hydrogens is 430 g/mol. The van der Waals surface area contributed by atoms with Gasteiger partial charge in [-0.05, 0) is 31.2 Å². The molecule has 0 spiro atoms. The van der Waals surface area contributed by atoms with E-state index < -0.39 is 0 Å². The summed E-state index contributed by atoms with van der Waals surface area (Å²) < 4.78 is 16.4. The molecule has 0 radical (unpaired) electrons. The number of nitrogens with one attached hydrogen (secondary N) is 2. The minimum Gasteiger partial charge on any atom is -0.493 e. The molecule has 0 atom stereocenters. The Balaban J connectivity index is 1.72. The van der Waals surface area contributed by atoms with E-state index in [1.807, 2.05) is 6.92 Å². The van der Waals surface area contributed by atoms with E-state index >= 15 is 0 Å². The summed E-state index contributed by atoms with van der Waals surface area (Å²) in [6.07, 6.45) is 0. The number of nitrogens with zero attached hydrogens (tertiary/aromatic N) is 1. The summed E-state index contributed by atoms with van der Waals surface area (Å²) in [7, 11) is 1.48. The monoisotopic (exact) mass is 449 g/mol. The van der Waals surface area contributed by atoms with Gasteiger partial charge in [-0.15, -0.1) is 11.3 Å². The maximum absolute atomic E-state index is 12.6. The van der Waals surface area contributed by atoms with E-state index in [4.69, 9.17) is 25.5 Å². The number of halogens is 1. The fourth-order valence-electron chi connectivity index (χ4n) is 2.57. The molecule has 158 valence electrons. The normalized spacial score (nSPS) is 10.5. The molecule has 0 aliphatic rings. The third kappa shape index (κ3) is 5.11. The van der Waals surface area contributed by atoms with Crippen molar-refractivity contribution in [2.24, 2.45) is 0 Å². The quantitative estimate of drug-likeness (QED) is 0.530. The highest BCUT2D eigenvalue weighted by Crippen LogP contribution is 2.36. The Hall–Kier alpha value is -3.04. The number of thiazole rings is 1. The van der Waals surface area contributed by atoms with Gasteiger partial charge in [0, 0.05) is 17.9 Å². The van der Waals surface area contributed by atoms with Crippen molar-refractivity contribution in [1.29, 1.82) is 0 Å². The van der Waals surface area contributed by atoms with Crippen LogP contribution in [0, 0.1) is 0 Å². The van der Waals surface area contributed by atoms with Gasteiger partial charge in [0.2, 0.25) is 5.91 Å². The van der Waals surface area contributed by atoms with Gasteiger partial charge in [-0.25, -0.2) is 4.98 Å². The van der Waals surface area contributed by atoms with Crippen molar-refractivity contribution < 1.29 is 23.5 Å². The van der Waals surface area contributed by atoms with Crippen LogP contribution in [-0.4, -0.2) is 30.5 Å². The van der Waals surface area contributed by atoms with Crippen molar-refractivity contribution in [3.63, 3.8) is 0 Å². The second-order valence-electron chi connectivity index (χ2n) is 6.09. The lowest BCUT2D eigenvalue weighted by Crippen LogP contribution is -2.18. The van der Waals surface area contributed by atoms with Crippen LogP contribution in [0.25, 0.3) is 11.5 Å². The fourth-order valence-corrected chi connectivity index (χ4v) is 3.53. The van der Waals surface area contributed by atoms with Gasteiger partial charge in [0.15, 0.2) is 22.4 Å². The van der Waals surface area contributed by atoms with Gasteiger partial charge in [0.25, 0.3) is 5.91 Å². The summed E-state index contributed by atoms with van der Waals surface area (Å²) in [4.78, 5) is 28.0. The van der Waals surface area contributed by atoms with Gasteiger partial charge in [-0.2, -0.15) is 0 Å². The highest BCUT2D eigenvalue weighted by Gasteiger charge is 2.17. The smallest absolute Gasteiger partial charge is 0.257 e. The van der Waals surface area contributed by atoms with E-state index in [1.54, 1.807) is 23.6 Å². The Kier molecular flexibility index (Phi) is 6.96. The Morgan fingerprint density at radius 3 is 2.80 bits per heavy atom. The molecule has 1 aromatic carbocycles. The predicted molar refractivity (Wildman–Crippen MR) is 114 cm³/mol. The van der Waals surface area contributed by atoms with Gasteiger partial charge in [-0.3, -0.25) is 14.9 Å². The summed E-state index contributed by atoms with van der Waals surface area (Å²) in [5.74, 6) is 1.38. The zero-order valence-corrected chi connectivity index (χ0v) is 18.1. The molecule has 2 N–H and O–H groups in total. The number of methoxy groups -OCH3 is 1. The third-order valence-corrected chi connectivity index (χ3v) is 4.97. The minimum atomic E-state index is -0.384. The molecule has 0 saturated heterocycles. The van der Waals surface area contributed by atoms with Crippen LogP contribution in [-0.2, 0) is 11.3 Å². The molecule has 3 aromatic rings. The van der Waals surface area contributed by atoms with Crippen LogP contribution in [0.4, 0.5) is 5.13 Å². The van der Waals surface area contributed by atoms with Gasteiger partial charge < -0.3 is 19.2 Å². The number of amides is 2. The van der Waals surface area contributed by atoms with Crippen LogP contribution in [0.15, 0.2) is 34.1 Å². The lowest BCUT2D eigenvalue weighted by molar-refractivity contribution is -0.119. The largest absolute Gasteiger partial charge is 0.493 e. The molecule has 0 aliphatic carbocycles. The van der Waals surface area contributed by atoms with Crippen molar-refractivity contribution in [3.05, 3.63) is 46.0 Å². The van der Waals surface area contributed by atoms with Crippen molar-refractivity contribution in [2.45, 2.75) is 20.4 Å². The van der Waals surface area contributed by atoms with E-state index in [0.717, 1.165) is 0 Å². The van der Waals surface area contributed by atoms with Crippen LogP contribution in [0.5, 0.6) is 11.5 Å². The molecule has 0 fully saturated rings. The SMILES string of the molecule is CCOc1c(Cl)cc(C(=O)Nc2nc(-c3ccc(CNC(C)=O)o3)cs2)cc1OC. The van der Waals surface area contributed by atoms with Crippen LogP contribution in [0.2, 0.25) is 5.02 Å². The van der Waals surface area contributed by atoms with E-state index in [9.17, 15) is 9.59 Å². The number of ether oxygens (including phenoxy) is 2. The molecule has 0 saturated carbocycles. The van der Waals surface area contributed by atoms with Crippen molar-refractivity contribution in [1.82, 2.24) is 10.3 Å². The molecule has 8 nitrogen and oxygen atoms in total. The lowest BCUT2D eigenvalue weighted by atomic mass is 10.2. The van der Waals surface area contributed by atoms with Crippen molar-refractivity contribution in [2.75, 3.05) is 19.0 Å². The number of hydrogen-bond acceptors (Lipinski definition) is 7. The highest BCUT2D eigenvalue weighted by molar-refractivity contribution is 7.14. The maximum atomic E-state index is 12.6. The average Bonchev–Trinajstić information content (AvgIpc) is 3.37. The first-order chi connectivity index (χ1) is 14.4. The second-order valence-corrected chi connectivity index (χ2v) is 7.36. The van der Waals surface area contributed by atoms with Crippen LogP contribution < -0.4 is 20.1 Å². The van der Waals surface area contributed by atoms with Crippen molar-refractivity contribution in [3.8, 4) is 23.0 Å². The number of hydrogen-bond donors (Lipinski definition) is 2. The maximum Gasteiger partial charge on any atom is 0.257 e. The molecule has 3 rings (SSSR count). The molecule has 2 heterocycles. The first kappa shape index (κ1) is 21.7. The third-order valence-electron chi connectivity index (χ3n) is 3.93. The topological polar surface area (TPSA) is 103 Å². The zero-order valence-electron chi connectivity index (χ0n) is 16.6. The van der Waals surface area contributed by atoms with Crippen molar-refractivity contribution >= 4 is 39.9 Å². The molecule has 10 heteroatoms. The number of benzene rings is 1. The van der Waals surface area contributed by atoms with Gasteiger partial charge >= 0.3 is 0 Å². The predicted octanol–water partition coefficient (Wildman–Crippen LogP) is 4.35. The second kappa shape index (κ2) is 9.64.